The Morgan fingerprint density at radius 3 is 2.81 bits per heavy atom. The Morgan fingerprint density at radius 1 is 1.43 bits per heavy atom. The molecule has 0 bridgehead atoms. The first-order chi connectivity index (χ1) is 10.2. The average Bonchev–Trinajstić information content (AvgIpc) is 2.50. The van der Waals surface area contributed by atoms with E-state index in [9.17, 15) is 4.79 Å². The van der Waals surface area contributed by atoms with Crippen LogP contribution in [0.15, 0.2) is 23.3 Å². The maximum atomic E-state index is 11.9. The second-order valence-corrected chi connectivity index (χ2v) is 4.60. The summed E-state index contributed by atoms with van der Waals surface area (Å²) in [6.07, 6.45) is 1.59. The van der Waals surface area contributed by atoms with Crippen molar-refractivity contribution in [2.24, 2.45) is 10.7 Å². The van der Waals surface area contributed by atoms with Gasteiger partial charge in [-0.05, 0) is 12.1 Å². The van der Waals surface area contributed by atoms with Gasteiger partial charge in [-0.3, -0.25) is 14.7 Å². The van der Waals surface area contributed by atoms with Gasteiger partial charge in [0.05, 0.1) is 31.6 Å². The highest BCUT2D eigenvalue weighted by atomic mass is 16.5. The Labute approximate surface area is 123 Å². The van der Waals surface area contributed by atoms with E-state index in [1.165, 1.54) is 0 Å². The first kappa shape index (κ1) is 15.2. The number of hydrogen-bond donors (Lipinski definition) is 3. The van der Waals surface area contributed by atoms with Crippen molar-refractivity contribution >= 4 is 23.4 Å². The molecule has 1 saturated heterocycles. The molecule has 1 aromatic heterocycles. The minimum absolute atomic E-state index is 0.0836. The van der Waals surface area contributed by atoms with E-state index >= 15 is 0 Å². The van der Waals surface area contributed by atoms with Crippen molar-refractivity contribution in [3.05, 3.63) is 18.3 Å². The highest BCUT2D eigenvalue weighted by Gasteiger charge is 2.14. The van der Waals surface area contributed by atoms with Gasteiger partial charge in [0.1, 0.15) is 5.82 Å². The highest BCUT2D eigenvalue weighted by molar-refractivity contribution is 5.93. The zero-order valence-corrected chi connectivity index (χ0v) is 12.0. The quantitative estimate of drug-likeness (QED) is 0.520. The van der Waals surface area contributed by atoms with Gasteiger partial charge in [-0.15, -0.1) is 0 Å². The van der Waals surface area contributed by atoms with Crippen LogP contribution in [0.2, 0.25) is 0 Å². The molecular weight excluding hydrogens is 272 g/mol. The van der Waals surface area contributed by atoms with Crippen molar-refractivity contribution in [2.75, 3.05) is 50.5 Å². The third kappa shape index (κ3) is 5.01. The molecule has 1 aromatic rings. The highest BCUT2D eigenvalue weighted by Crippen LogP contribution is 2.09. The Balaban J connectivity index is 1.83. The summed E-state index contributed by atoms with van der Waals surface area (Å²) in [5.41, 5.74) is 6.27. The van der Waals surface area contributed by atoms with E-state index in [0.717, 1.165) is 13.1 Å². The first-order valence-electron chi connectivity index (χ1n) is 6.72. The zero-order valence-electron chi connectivity index (χ0n) is 12.0. The van der Waals surface area contributed by atoms with Gasteiger partial charge in [0.2, 0.25) is 5.91 Å². The third-order valence-electron chi connectivity index (χ3n) is 3.02. The van der Waals surface area contributed by atoms with Crippen LogP contribution in [0, 0.1) is 0 Å². The van der Waals surface area contributed by atoms with Crippen LogP contribution in [0.5, 0.6) is 0 Å². The molecule has 0 aliphatic carbocycles. The number of anilines is 2. The van der Waals surface area contributed by atoms with Crippen LogP contribution in [0.3, 0.4) is 0 Å². The van der Waals surface area contributed by atoms with Crippen molar-refractivity contribution in [3.8, 4) is 0 Å². The number of hydrogen-bond acceptors (Lipinski definition) is 5. The van der Waals surface area contributed by atoms with Crippen molar-refractivity contribution in [1.29, 1.82) is 0 Å². The summed E-state index contributed by atoms with van der Waals surface area (Å²) in [6.45, 7) is 3.25. The van der Waals surface area contributed by atoms with E-state index in [1.807, 2.05) is 4.90 Å². The molecule has 114 valence electrons. The van der Waals surface area contributed by atoms with E-state index in [-0.39, 0.29) is 5.91 Å². The maximum Gasteiger partial charge on any atom is 0.239 e. The number of morpholine rings is 1. The Morgan fingerprint density at radius 2 is 2.19 bits per heavy atom. The van der Waals surface area contributed by atoms with Crippen LogP contribution in [0.1, 0.15) is 0 Å². The largest absolute Gasteiger partial charge is 0.379 e. The van der Waals surface area contributed by atoms with Crippen molar-refractivity contribution < 1.29 is 9.53 Å². The zero-order chi connectivity index (χ0) is 15.1. The summed E-state index contributed by atoms with van der Waals surface area (Å²) in [5, 5.41) is 5.63. The first-order valence-corrected chi connectivity index (χ1v) is 6.72. The maximum absolute atomic E-state index is 11.9. The summed E-state index contributed by atoms with van der Waals surface area (Å²) < 4.78 is 5.24. The van der Waals surface area contributed by atoms with Crippen LogP contribution in [-0.2, 0) is 9.53 Å². The summed E-state index contributed by atoms with van der Waals surface area (Å²) in [4.78, 5) is 21.9. The molecule has 1 aliphatic heterocycles. The van der Waals surface area contributed by atoms with E-state index in [0.29, 0.717) is 37.2 Å². The van der Waals surface area contributed by atoms with Gasteiger partial charge in [0, 0.05) is 20.1 Å². The molecule has 0 atom stereocenters. The lowest BCUT2D eigenvalue weighted by molar-refractivity contribution is -0.118. The Hall–Kier alpha value is -2.19. The van der Waals surface area contributed by atoms with E-state index in [4.69, 9.17) is 10.5 Å². The fourth-order valence-electron chi connectivity index (χ4n) is 1.89. The molecular formula is C13H20N6O2. The molecule has 1 aliphatic rings. The summed E-state index contributed by atoms with van der Waals surface area (Å²) in [6, 6.07) is 3.48. The number of ether oxygens (including phenoxy) is 1. The summed E-state index contributed by atoms with van der Waals surface area (Å²) >= 11 is 0. The number of rotatable bonds is 4. The van der Waals surface area contributed by atoms with E-state index in [2.05, 4.69) is 20.6 Å². The number of pyridine rings is 1. The van der Waals surface area contributed by atoms with E-state index < -0.39 is 0 Å². The molecule has 21 heavy (non-hydrogen) atoms. The Bertz CT molecular complexity index is 496. The van der Waals surface area contributed by atoms with Crippen molar-refractivity contribution in [2.45, 2.75) is 0 Å². The van der Waals surface area contributed by atoms with Crippen LogP contribution in [0.4, 0.5) is 11.5 Å². The SMILES string of the molecule is CN=C(N)Nc1ccc(NC(=O)CN2CCOCC2)nc1. The second kappa shape index (κ2) is 7.55. The number of guanidine groups is 1. The number of amides is 1. The van der Waals surface area contributed by atoms with Gasteiger partial charge in [-0.1, -0.05) is 0 Å². The van der Waals surface area contributed by atoms with Gasteiger partial charge < -0.3 is 21.1 Å². The van der Waals surface area contributed by atoms with Crippen molar-refractivity contribution in [3.63, 3.8) is 0 Å². The standard InChI is InChI=1S/C13H20N6O2/c1-15-13(14)17-10-2-3-11(16-8-10)18-12(20)9-19-4-6-21-7-5-19/h2-3,8H,4-7,9H2,1H3,(H3,14,15,17)(H,16,18,20). The molecule has 0 radical (unpaired) electrons. The van der Waals surface area contributed by atoms with E-state index in [1.54, 1.807) is 25.4 Å². The average molecular weight is 292 g/mol. The molecule has 8 nitrogen and oxygen atoms in total. The normalized spacial score (nSPS) is 16.5. The molecule has 0 saturated carbocycles. The van der Waals surface area contributed by atoms with Crippen LogP contribution in [0.25, 0.3) is 0 Å². The molecule has 1 fully saturated rings. The van der Waals surface area contributed by atoms with Crippen LogP contribution in [-0.4, -0.2) is 61.6 Å². The van der Waals surface area contributed by atoms with Gasteiger partial charge in [-0.25, -0.2) is 4.98 Å². The van der Waals surface area contributed by atoms with Gasteiger partial charge >= 0.3 is 0 Å². The van der Waals surface area contributed by atoms with Crippen molar-refractivity contribution in [1.82, 2.24) is 9.88 Å². The van der Waals surface area contributed by atoms with Gasteiger partial charge in [0.25, 0.3) is 0 Å². The summed E-state index contributed by atoms with van der Waals surface area (Å²) in [5.74, 6) is 0.728. The number of carbonyl (C=O) groups is 1. The molecule has 2 heterocycles. The molecule has 8 heteroatoms. The lowest BCUT2D eigenvalue weighted by Crippen LogP contribution is -2.41. The third-order valence-corrected chi connectivity index (χ3v) is 3.02. The minimum atomic E-state index is -0.0836. The molecule has 0 aromatic carbocycles. The number of aliphatic imine (C=N–C) groups is 1. The predicted octanol–water partition coefficient (Wildman–Crippen LogP) is -0.291. The molecule has 0 unspecified atom stereocenters. The van der Waals surface area contributed by atoms with Crippen LogP contribution < -0.4 is 16.4 Å². The van der Waals surface area contributed by atoms with Gasteiger partial charge in [0.15, 0.2) is 5.96 Å². The number of carbonyl (C=O) groups excluding carboxylic acids is 1. The van der Waals surface area contributed by atoms with Gasteiger partial charge in [-0.2, -0.15) is 0 Å². The number of aromatic nitrogens is 1. The smallest absolute Gasteiger partial charge is 0.239 e. The lowest BCUT2D eigenvalue weighted by atomic mass is 10.3. The molecule has 0 spiro atoms. The van der Waals surface area contributed by atoms with Crippen LogP contribution >= 0.6 is 0 Å². The predicted molar refractivity (Wildman–Crippen MR) is 81.3 cm³/mol. The monoisotopic (exact) mass is 292 g/mol. The second-order valence-electron chi connectivity index (χ2n) is 4.60. The number of nitrogens with two attached hydrogens (primary N) is 1. The number of nitrogens with one attached hydrogen (secondary N) is 2. The molecule has 4 N–H and O–H groups in total. The Kier molecular flexibility index (Phi) is 5.47. The number of nitrogens with zero attached hydrogens (tertiary/aromatic N) is 3. The summed E-state index contributed by atoms with van der Waals surface area (Å²) in [7, 11) is 1.59. The minimum Gasteiger partial charge on any atom is -0.379 e. The molecule has 2 rings (SSSR count). The fourth-order valence-corrected chi connectivity index (χ4v) is 1.89. The topological polar surface area (TPSA) is 105 Å². The molecule has 1 amide bonds. The lowest BCUT2D eigenvalue weighted by Gasteiger charge is -2.25. The fraction of sp³-hybridized carbons (Fsp3) is 0.462.